The molecule has 1 saturated heterocycles. The monoisotopic (exact) mass is 378 g/mol. The van der Waals surface area contributed by atoms with Gasteiger partial charge in [0, 0.05) is 0 Å². The first-order chi connectivity index (χ1) is 10.5. The molecule has 2 N–H and O–H groups in total. The van der Waals surface area contributed by atoms with Gasteiger partial charge < -0.3 is 23.8 Å². The van der Waals surface area contributed by atoms with Crippen molar-refractivity contribution in [3.8, 4) is 0 Å². The largest absolute Gasteiger partial charge is 0.408 e. The lowest BCUT2D eigenvalue weighted by atomic mass is 10.1. The van der Waals surface area contributed by atoms with Gasteiger partial charge in [-0.3, -0.25) is 0 Å². The summed E-state index contributed by atoms with van der Waals surface area (Å²) in [5, 5.41) is 20.1. The average Bonchev–Trinajstić information content (AvgIpc) is 2.63. The van der Waals surface area contributed by atoms with E-state index in [4.69, 9.17) is 13.6 Å². The molecule has 4 atom stereocenters. The van der Waals surface area contributed by atoms with E-state index in [9.17, 15) is 10.2 Å². The molecule has 0 aromatic rings. The highest BCUT2D eigenvalue weighted by atomic mass is 28.4. The molecule has 0 aromatic heterocycles. The quantitative estimate of drug-likeness (QED) is 0.717. The molecule has 7 heteroatoms. The van der Waals surface area contributed by atoms with Gasteiger partial charge in [0.05, 0.1) is 6.61 Å². The molecule has 0 spiro atoms. The maximum absolute atomic E-state index is 10.4. The fraction of sp³-hybridized carbons (Fsp3) is 1.00. The summed E-state index contributed by atoms with van der Waals surface area (Å²) in [7, 11) is -4.19. The third-order valence-corrected chi connectivity index (χ3v) is 14.9. The summed E-state index contributed by atoms with van der Waals surface area (Å²) in [6.45, 7) is 21.4. The van der Waals surface area contributed by atoms with E-state index in [0.717, 1.165) is 0 Å². The Morgan fingerprint density at radius 3 is 1.54 bits per heavy atom. The Morgan fingerprint density at radius 2 is 1.21 bits per heavy atom. The summed E-state index contributed by atoms with van der Waals surface area (Å²) in [5.41, 5.74) is 0. The smallest absolute Gasteiger partial charge is 0.192 e. The first-order valence-electron chi connectivity index (χ1n) is 8.83. The Morgan fingerprint density at radius 1 is 0.833 bits per heavy atom. The highest BCUT2D eigenvalue weighted by Gasteiger charge is 2.53. The van der Waals surface area contributed by atoms with E-state index in [-0.39, 0.29) is 16.7 Å². The molecule has 1 heterocycles. The van der Waals surface area contributed by atoms with Crippen molar-refractivity contribution in [2.24, 2.45) is 0 Å². The van der Waals surface area contributed by atoms with Crippen molar-refractivity contribution in [3.63, 3.8) is 0 Å². The Hall–Kier alpha value is 0.234. The molecule has 0 unspecified atom stereocenters. The lowest BCUT2D eigenvalue weighted by molar-refractivity contribution is -0.130. The molecule has 144 valence electrons. The lowest BCUT2D eigenvalue weighted by Crippen LogP contribution is -2.54. The van der Waals surface area contributed by atoms with Crippen molar-refractivity contribution in [1.82, 2.24) is 0 Å². The molecular weight excluding hydrogens is 340 g/mol. The van der Waals surface area contributed by atoms with E-state index in [1.54, 1.807) is 0 Å². The molecule has 0 saturated carbocycles. The molecular formula is C17H38O5Si2. The summed E-state index contributed by atoms with van der Waals surface area (Å²) < 4.78 is 18.5. The van der Waals surface area contributed by atoms with E-state index in [1.165, 1.54) is 0 Å². The topological polar surface area (TPSA) is 68.2 Å². The highest BCUT2D eigenvalue weighted by molar-refractivity contribution is 6.74. The van der Waals surface area contributed by atoms with Gasteiger partial charge in [-0.25, -0.2) is 0 Å². The van der Waals surface area contributed by atoms with Gasteiger partial charge in [-0.1, -0.05) is 41.5 Å². The lowest BCUT2D eigenvalue weighted by Gasteiger charge is -2.43. The fourth-order valence-electron chi connectivity index (χ4n) is 2.16. The molecule has 1 aliphatic heterocycles. The normalized spacial score (nSPS) is 30.0. The van der Waals surface area contributed by atoms with Gasteiger partial charge >= 0.3 is 0 Å². The van der Waals surface area contributed by atoms with Crippen LogP contribution in [0.3, 0.4) is 0 Å². The van der Waals surface area contributed by atoms with Gasteiger partial charge in [0.15, 0.2) is 22.9 Å². The number of hydrogen-bond donors (Lipinski definition) is 2. The molecule has 1 rings (SSSR count). The van der Waals surface area contributed by atoms with Crippen LogP contribution < -0.4 is 0 Å². The molecule has 0 aromatic carbocycles. The third kappa shape index (κ3) is 4.69. The predicted octanol–water partition coefficient (Wildman–Crippen LogP) is 3.48. The Bertz CT molecular complexity index is 426. The standard InChI is InChI=1S/C17H38O5Si2/c1-16(2,3)23(7,8)21-13-12(11-18)20-15(19)14(13)22-24(9,10)17(4,5)6/h12-15,18-19H,11H2,1-10H3/t12-,13-,14-,15-/m1/s1. The van der Waals surface area contributed by atoms with Crippen LogP contribution in [-0.2, 0) is 13.6 Å². The van der Waals surface area contributed by atoms with Crippen molar-refractivity contribution >= 4 is 16.6 Å². The van der Waals surface area contributed by atoms with Crippen molar-refractivity contribution < 1.29 is 23.8 Å². The van der Waals surface area contributed by atoms with Gasteiger partial charge in [-0.15, -0.1) is 0 Å². The average molecular weight is 379 g/mol. The number of aliphatic hydroxyl groups is 2. The molecule has 24 heavy (non-hydrogen) atoms. The molecule has 0 amide bonds. The second-order valence-corrected chi connectivity index (χ2v) is 19.4. The van der Waals surface area contributed by atoms with E-state index < -0.39 is 41.2 Å². The van der Waals surface area contributed by atoms with Gasteiger partial charge in [0.1, 0.15) is 18.3 Å². The molecule has 1 fully saturated rings. The number of rotatable bonds is 5. The number of hydrogen-bond acceptors (Lipinski definition) is 5. The Labute approximate surface area is 150 Å². The fourth-order valence-corrected chi connectivity index (χ4v) is 4.76. The molecule has 0 bridgehead atoms. The van der Waals surface area contributed by atoms with E-state index >= 15 is 0 Å². The highest BCUT2D eigenvalue weighted by Crippen LogP contribution is 2.43. The maximum Gasteiger partial charge on any atom is 0.192 e. The Kier molecular flexibility index (Phi) is 6.59. The summed E-state index contributed by atoms with van der Waals surface area (Å²) in [4.78, 5) is 0. The van der Waals surface area contributed by atoms with Gasteiger partial charge in [-0.05, 0) is 36.3 Å². The SMILES string of the molecule is CC(C)(C)[Si](C)(C)O[C@@H]1[C@H](O[Si](C)(C)C(C)(C)C)[C@@H](CO)O[C@H]1O. The van der Waals surface area contributed by atoms with Crippen LogP contribution in [0.2, 0.25) is 36.3 Å². The van der Waals surface area contributed by atoms with E-state index in [2.05, 4.69) is 67.7 Å². The van der Waals surface area contributed by atoms with Crippen LogP contribution in [0.25, 0.3) is 0 Å². The zero-order chi connectivity index (χ0) is 19.1. The van der Waals surface area contributed by atoms with Crippen molar-refractivity contribution in [3.05, 3.63) is 0 Å². The second kappa shape index (κ2) is 7.10. The second-order valence-electron chi connectivity index (χ2n) is 9.93. The van der Waals surface area contributed by atoms with Crippen LogP contribution in [0, 0.1) is 0 Å². The summed E-state index contributed by atoms with van der Waals surface area (Å²) >= 11 is 0. The van der Waals surface area contributed by atoms with Crippen LogP contribution >= 0.6 is 0 Å². The van der Waals surface area contributed by atoms with Crippen LogP contribution in [0.5, 0.6) is 0 Å². The molecule has 0 aliphatic carbocycles. The van der Waals surface area contributed by atoms with Crippen molar-refractivity contribution in [2.75, 3.05) is 6.61 Å². The number of ether oxygens (including phenoxy) is 1. The number of aliphatic hydroxyl groups excluding tert-OH is 2. The minimum Gasteiger partial charge on any atom is -0.408 e. The van der Waals surface area contributed by atoms with Crippen molar-refractivity contribution in [1.29, 1.82) is 0 Å². The van der Waals surface area contributed by atoms with E-state index in [0.29, 0.717) is 0 Å². The van der Waals surface area contributed by atoms with Crippen LogP contribution in [0.15, 0.2) is 0 Å². The first kappa shape index (κ1) is 22.3. The van der Waals surface area contributed by atoms with Crippen LogP contribution in [0.1, 0.15) is 41.5 Å². The molecule has 5 nitrogen and oxygen atoms in total. The summed E-state index contributed by atoms with van der Waals surface area (Å²) in [6.07, 6.45) is -2.62. The first-order valence-corrected chi connectivity index (χ1v) is 14.7. The third-order valence-electron chi connectivity index (χ3n) is 5.94. The van der Waals surface area contributed by atoms with Gasteiger partial charge in [0.25, 0.3) is 0 Å². The van der Waals surface area contributed by atoms with Crippen LogP contribution in [0.4, 0.5) is 0 Å². The predicted molar refractivity (Wildman–Crippen MR) is 102 cm³/mol. The maximum atomic E-state index is 10.4. The van der Waals surface area contributed by atoms with Crippen LogP contribution in [-0.4, -0.2) is 58.1 Å². The Balaban J connectivity index is 3.08. The summed E-state index contributed by atoms with van der Waals surface area (Å²) in [5.74, 6) is 0. The zero-order valence-electron chi connectivity index (χ0n) is 17.1. The molecule has 0 radical (unpaired) electrons. The van der Waals surface area contributed by atoms with E-state index in [1.807, 2.05) is 0 Å². The zero-order valence-corrected chi connectivity index (χ0v) is 19.1. The minimum absolute atomic E-state index is 0.0194. The summed E-state index contributed by atoms with van der Waals surface area (Å²) in [6, 6.07) is 0. The van der Waals surface area contributed by atoms with Crippen molar-refractivity contribution in [2.45, 2.75) is 102 Å². The van der Waals surface area contributed by atoms with Gasteiger partial charge in [0.2, 0.25) is 0 Å². The molecule has 1 aliphatic rings. The minimum atomic E-state index is -2.10. The van der Waals surface area contributed by atoms with Gasteiger partial charge in [-0.2, -0.15) is 0 Å².